The average Bonchev–Trinajstić information content (AvgIpc) is 0.805. The summed E-state index contributed by atoms with van der Waals surface area (Å²) < 4.78 is 244. The van der Waals surface area contributed by atoms with Gasteiger partial charge in [0.25, 0.3) is 17.7 Å². The van der Waals surface area contributed by atoms with Crippen LogP contribution in [0.15, 0.2) is 152 Å². The van der Waals surface area contributed by atoms with Crippen LogP contribution in [-0.4, -0.2) is 201 Å². The van der Waals surface area contributed by atoms with Crippen LogP contribution in [0.5, 0.6) is 30.1 Å². The van der Waals surface area contributed by atoms with E-state index >= 15 is 0 Å². The molecule has 5 heterocycles. The highest BCUT2D eigenvalue weighted by molar-refractivity contribution is 5.59. The fourth-order valence-electron chi connectivity index (χ4n) is 8.73. The van der Waals surface area contributed by atoms with Crippen molar-refractivity contribution in [2.45, 2.75) is 130 Å². The van der Waals surface area contributed by atoms with E-state index in [1.54, 1.807) is 112 Å². The lowest BCUT2D eigenvalue weighted by Crippen LogP contribution is -2.47. The Morgan fingerprint density at radius 1 is 0.432 bits per heavy atom. The Hall–Kier alpha value is -13.9. The molecule has 0 amide bonds. The van der Waals surface area contributed by atoms with Crippen molar-refractivity contribution >= 4 is 93.6 Å². The molecule has 678 valence electrons. The Labute approximate surface area is 703 Å². The normalized spacial score (nSPS) is 12.5. The van der Waals surface area contributed by atoms with E-state index in [0.29, 0.717) is 48.1 Å². The summed E-state index contributed by atoms with van der Waals surface area (Å²) in [5.41, 5.74) is 3.95. The SMILES string of the molecule is C.C=CCNc1nc(Nc2cccc(C)c2)nc(OC(C)C(F)(F)F)n1.CCN(CC)c1nc(Nc2ccccc2)nc(OC(C(C)(F)F)C(F)(F)F)n1.CNc1nc(Nc2ccc([N+](=O)[O-])cc2)nc(OCC(F)(F)C(C)F)n1.CNc1nc(Nc2ccccc2)nc(OC(C)C(F)(F)F)n1.CNc1nc(Nc2ccccc2)nc(OCC(F)(F)C(C)F)n1. The predicted molar refractivity (Wildman–Crippen MR) is 432 cm³/mol. The second-order valence-electron chi connectivity index (χ2n) is 25.2. The molecular formula is C75H87F17N26O7. The summed E-state index contributed by atoms with van der Waals surface area (Å²) in [6.45, 7) is 11.2. The van der Waals surface area contributed by atoms with Crippen LogP contribution in [0.25, 0.3) is 0 Å². The molecule has 0 saturated heterocycles. The number of nitrogens with one attached hydrogen (secondary N) is 9. The molecule has 10 aromatic rings. The number of aryl methyl sites for hydroxylation is 1. The number of hydrogen-bond donors (Lipinski definition) is 9. The van der Waals surface area contributed by atoms with Gasteiger partial charge in [-0.3, -0.25) is 10.1 Å². The maximum atomic E-state index is 13.5. The van der Waals surface area contributed by atoms with Gasteiger partial charge in [0, 0.05) is 88.3 Å². The molecule has 0 spiro atoms. The van der Waals surface area contributed by atoms with Crippen molar-refractivity contribution in [2.75, 3.05) is 107 Å². The number of benzene rings is 5. The van der Waals surface area contributed by atoms with Gasteiger partial charge in [0.15, 0.2) is 37.8 Å². The zero-order valence-corrected chi connectivity index (χ0v) is 67.4. The van der Waals surface area contributed by atoms with Crippen molar-refractivity contribution in [1.29, 1.82) is 0 Å². The summed E-state index contributed by atoms with van der Waals surface area (Å²) in [6.07, 6.45) is -25.0. The first-order valence-corrected chi connectivity index (χ1v) is 36.4. The third-order valence-corrected chi connectivity index (χ3v) is 15.3. The first-order chi connectivity index (χ1) is 58.3. The number of halogens is 17. The zero-order valence-electron chi connectivity index (χ0n) is 67.4. The van der Waals surface area contributed by atoms with Gasteiger partial charge >= 0.3 is 60.4 Å². The zero-order chi connectivity index (χ0) is 91.8. The summed E-state index contributed by atoms with van der Waals surface area (Å²) >= 11 is 0. The molecule has 5 atom stereocenters. The summed E-state index contributed by atoms with van der Waals surface area (Å²) in [5.74, 6) is -11.1. The number of hydrogen-bond acceptors (Lipinski definition) is 32. The number of nitrogens with zero attached hydrogens (tertiary/aromatic N) is 17. The minimum Gasteiger partial charge on any atom is -0.457 e. The van der Waals surface area contributed by atoms with E-state index < -0.39 is 109 Å². The van der Waals surface area contributed by atoms with Gasteiger partial charge in [0.2, 0.25) is 59.5 Å². The molecule has 0 saturated carbocycles. The van der Waals surface area contributed by atoms with Gasteiger partial charge < -0.3 is 76.4 Å². The molecule has 5 aromatic carbocycles. The summed E-state index contributed by atoms with van der Waals surface area (Å²) in [4.78, 5) is 70.1. The second kappa shape index (κ2) is 46.9. The fraction of sp³-hybridized carbons (Fsp3) is 0.373. The number of nitro groups is 1. The van der Waals surface area contributed by atoms with Crippen LogP contribution in [0, 0.1) is 17.0 Å². The lowest BCUT2D eigenvalue weighted by molar-refractivity contribution is -0.384. The number of anilines is 15. The van der Waals surface area contributed by atoms with Crippen LogP contribution >= 0.6 is 0 Å². The third kappa shape index (κ3) is 34.9. The molecule has 5 aromatic heterocycles. The molecule has 10 rings (SSSR count). The van der Waals surface area contributed by atoms with E-state index in [0.717, 1.165) is 33.3 Å². The highest BCUT2D eigenvalue weighted by Crippen LogP contribution is 2.36. The second-order valence-corrected chi connectivity index (χ2v) is 25.2. The highest BCUT2D eigenvalue weighted by atomic mass is 19.4. The van der Waals surface area contributed by atoms with Crippen molar-refractivity contribution in [3.63, 3.8) is 0 Å². The molecule has 50 heteroatoms. The number of ether oxygens (including phenoxy) is 5. The van der Waals surface area contributed by atoms with Crippen molar-refractivity contribution in [1.82, 2.24) is 74.8 Å². The Bertz CT molecular complexity index is 4940. The van der Waals surface area contributed by atoms with E-state index in [9.17, 15) is 84.8 Å². The lowest BCUT2D eigenvalue weighted by Gasteiger charge is -2.26. The Morgan fingerprint density at radius 2 is 0.760 bits per heavy atom. The van der Waals surface area contributed by atoms with Crippen LogP contribution in [0.4, 0.5) is 168 Å². The quantitative estimate of drug-likeness (QED) is 0.00771. The number of nitro benzene ring substituents is 1. The number of rotatable bonds is 35. The monoisotopic (exact) mass is 1790 g/mol. The molecule has 125 heavy (non-hydrogen) atoms. The van der Waals surface area contributed by atoms with Crippen LogP contribution in [0.3, 0.4) is 0 Å². The lowest BCUT2D eigenvalue weighted by atomic mass is 10.2. The minimum absolute atomic E-state index is 0. The van der Waals surface area contributed by atoms with Gasteiger partial charge in [-0.2, -0.15) is 132 Å². The molecule has 0 aliphatic rings. The van der Waals surface area contributed by atoms with Gasteiger partial charge in [0.1, 0.15) is 0 Å². The molecule has 0 radical (unpaired) electrons. The molecule has 0 fully saturated rings. The number of alkyl halides is 17. The van der Waals surface area contributed by atoms with E-state index in [2.05, 4.69) is 134 Å². The van der Waals surface area contributed by atoms with E-state index in [4.69, 9.17) is 18.9 Å². The molecule has 5 unspecified atom stereocenters. The molecule has 0 aliphatic carbocycles. The van der Waals surface area contributed by atoms with Crippen molar-refractivity contribution in [2.24, 2.45) is 0 Å². The minimum atomic E-state index is -5.31. The molecule has 0 aliphatic heterocycles. The van der Waals surface area contributed by atoms with Crippen molar-refractivity contribution in [3.8, 4) is 30.1 Å². The Kier molecular flexibility index (Phi) is 38.2. The van der Waals surface area contributed by atoms with Gasteiger partial charge in [-0.1, -0.05) is 80.2 Å². The summed E-state index contributed by atoms with van der Waals surface area (Å²) in [6, 6.07) is 36.8. The first-order valence-electron chi connectivity index (χ1n) is 36.4. The highest BCUT2D eigenvalue weighted by Gasteiger charge is 2.56. The standard InChI is InChI=1S/C17H20F5N5O.C16H18F3N5O.C14H15F3N6O3.C14H16F3N5O.C13H14F3N5O.CH4/c1-4-27(5-2)14-24-13(23-11-9-7-6-8-10-11)25-15(26-14)28-12(16(3,18)19)17(20,21)22;1-4-8-20-13-22-14(21-12-7-5-6-10(2)9-12)24-15(23-13)25-11(3)16(17,18)19;1-8(15)14(16,17)7-26-13-21-11(18-2)20-12(22-13)19-9-3-5-10(6-4-9)23(24)25;1-9(15)14(16,17)8-23-13-21-11(18-2)20-12(22-13)19-10-6-4-3-5-7-10;1-8(13(14,15)16)22-12-20-10(17-2)19-11(21-12)18-9-6-4-3-5-7-9;/h6-10,12H,4-5H2,1-3H3,(H,23,24,25,26);4-7,9,11H,1,8H2,2-3H3,(H2,20,21,22,23,24);3-6,8H,7H2,1-2H3,(H2,18,19,20,21,22);3-7,9H,8H2,1-2H3,(H2,18,19,20,21,22);3-8H,1-2H3,(H2,17,18,19,20,21);1H4. The summed E-state index contributed by atoms with van der Waals surface area (Å²) in [5, 5.41) is 35.6. The topological polar surface area (TPSA) is 394 Å². The summed E-state index contributed by atoms with van der Waals surface area (Å²) in [7, 11) is 4.59. The van der Waals surface area contributed by atoms with Crippen LogP contribution in [-0.2, 0) is 0 Å². The number of para-hydroxylation sites is 3. The van der Waals surface area contributed by atoms with E-state index in [1.165, 1.54) is 31.3 Å². The van der Waals surface area contributed by atoms with Crippen LogP contribution < -0.4 is 76.4 Å². The Balaban J connectivity index is 0.000000277. The molecular weight excluding hydrogens is 1700 g/mol. The number of non-ortho nitro benzene ring substituents is 1. The fourth-order valence-corrected chi connectivity index (χ4v) is 8.73. The maximum absolute atomic E-state index is 13.5. The van der Waals surface area contributed by atoms with Crippen LogP contribution in [0.2, 0.25) is 0 Å². The van der Waals surface area contributed by atoms with E-state index in [1.807, 2.05) is 49.4 Å². The van der Waals surface area contributed by atoms with Crippen LogP contribution in [0.1, 0.15) is 61.5 Å². The largest absolute Gasteiger partial charge is 0.457 e. The van der Waals surface area contributed by atoms with Gasteiger partial charge in [-0.25, -0.2) is 17.6 Å². The number of aromatic nitrogens is 15. The van der Waals surface area contributed by atoms with E-state index in [-0.39, 0.29) is 85.5 Å². The van der Waals surface area contributed by atoms with Gasteiger partial charge in [0.05, 0.1) is 4.92 Å². The molecule has 9 N–H and O–H groups in total. The first kappa shape index (κ1) is 102. The maximum Gasteiger partial charge on any atom is 0.431 e. The average molecular weight is 1790 g/mol. The third-order valence-electron chi connectivity index (χ3n) is 15.3. The van der Waals surface area contributed by atoms with Gasteiger partial charge in [-0.05, 0) is 115 Å². The molecule has 0 bridgehead atoms. The van der Waals surface area contributed by atoms with Gasteiger partial charge in [-0.15, -0.1) is 6.58 Å². The van der Waals surface area contributed by atoms with Crippen molar-refractivity contribution < 1.29 is 103 Å². The Morgan fingerprint density at radius 3 is 1.10 bits per heavy atom. The molecule has 33 nitrogen and oxygen atoms in total. The predicted octanol–water partition coefficient (Wildman–Crippen LogP) is 17.9. The smallest absolute Gasteiger partial charge is 0.431 e. The van der Waals surface area contributed by atoms with Crippen molar-refractivity contribution in [3.05, 3.63) is 168 Å².